The summed E-state index contributed by atoms with van der Waals surface area (Å²) in [4.78, 5) is 14.3. The zero-order valence-electron chi connectivity index (χ0n) is 20.5. The minimum atomic E-state index is -0.894. The van der Waals surface area contributed by atoms with Crippen molar-refractivity contribution in [3.05, 3.63) is 52.3 Å². The van der Waals surface area contributed by atoms with Crippen molar-refractivity contribution >= 4 is 40.6 Å². The van der Waals surface area contributed by atoms with Crippen LogP contribution in [0.3, 0.4) is 0 Å². The predicted molar refractivity (Wildman–Crippen MR) is 138 cm³/mol. The van der Waals surface area contributed by atoms with E-state index >= 15 is 4.39 Å². The van der Waals surface area contributed by atoms with Gasteiger partial charge >= 0.3 is 6.09 Å². The molecule has 0 bridgehead atoms. The van der Waals surface area contributed by atoms with Crippen LogP contribution in [0.2, 0.25) is 10.0 Å². The summed E-state index contributed by atoms with van der Waals surface area (Å²) in [5.74, 6) is -0.659. The summed E-state index contributed by atoms with van der Waals surface area (Å²) in [6, 6.07) is 9.41. The molecule has 1 aliphatic rings. The van der Waals surface area contributed by atoms with E-state index in [4.69, 9.17) is 37.4 Å². The van der Waals surface area contributed by atoms with Crippen molar-refractivity contribution in [1.82, 2.24) is 15.1 Å². The first-order valence-electron chi connectivity index (χ1n) is 11.2. The zero-order valence-corrected chi connectivity index (χ0v) is 22.8. The van der Waals surface area contributed by atoms with Crippen LogP contribution in [0.25, 0.3) is 21.1 Å². The Labute approximate surface area is 223 Å². The second-order valence-electron chi connectivity index (χ2n) is 9.76. The molecule has 0 spiro atoms. The maximum atomic E-state index is 15.0. The molecule has 4 rings (SSSR count). The van der Waals surface area contributed by atoms with Gasteiger partial charge in [-0.3, -0.25) is 4.90 Å². The Hall–Kier alpha value is -2.46. The SMILES string of the molecule is CC(C)(C)OC(=O)N1[C@@H](COc2cc(Cl)c(-c3nnc(-c4cccc(Cl)c4)s3)cc2F)COC1(C)C. The third kappa shape index (κ3) is 5.91. The van der Waals surface area contributed by atoms with Gasteiger partial charge in [0.15, 0.2) is 11.6 Å². The predicted octanol–water partition coefficient (Wildman–Crippen LogP) is 7.07. The number of halogens is 3. The van der Waals surface area contributed by atoms with Crippen molar-refractivity contribution in [3.63, 3.8) is 0 Å². The molecule has 0 N–H and O–H groups in total. The summed E-state index contributed by atoms with van der Waals surface area (Å²) in [6.45, 7) is 9.11. The van der Waals surface area contributed by atoms with Gasteiger partial charge in [0, 0.05) is 22.2 Å². The van der Waals surface area contributed by atoms with Crippen molar-refractivity contribution < 1.29 is 23.4 Å². The monoisotopic (exact) mass is 553 g/mol. The summed E-state index contributed by atoms with van der Waals surface area (Å²) < 4.78 is 32.1. The molecule has 11 heteroatoms. The fourth-order valence-corrected chi connectivity index (χ4v) is 5.11. The summed E-state index contributed by atoms with van der Waals surface area (Å²) in [5.41, 5.74) is -0.366. The number of amides is 1. The zero-order chi connectivity index (χ0) is 26.3. The number of rotatable bonds is 5. The van der Waals surface area contributed by atoms with E-state index in [2.05, 4.69) is 10.2 Å². The molecule has 1 atom stereocenters. The van der Waals surface area contributed by atoms with Gasteiger partial charge < -0.3 is 14.2 Å². The molecule has 0 radical (unpaired) electrons. The fraction of sp³-hybridized carbons (Fsp3) is 0.400. The van der Waals surface area contributed by atoms with Crippen LogP contribution in [0.15, 0.2) is 36.4 Å². The second-order valence-corrected chi connectivity index (χ2v) is 11.6. The van der Waals surface area contributed by atoms with Gasteiger partial charge in [-0.05, 0) is 52.8 Å². The van der Waals surface area contributed by atoms with E-state index < -0.39 is 29.3 Å². The molecule has 1 saturated heterocycles. The van der Waals surface area contributed by atoms with Crippen LogP contribution in [0.4, 0.5) is 9.18 Å². The Balaban J connectivity index is 1.50. The molecular formula is C25H26Cl2FN3O4S. The molecule has 0 saturated carbocycles. The van der Waals surface area contributed by atoms with Crippen LogP contribution in [0.5, 0.6) is 5.75 Å². The van der Waals surface area contributed by atoms with Gasteiger partial charge in [0.25, 0.3) is 0 Å². The third-order valence-corrected chi connectivity index (χ3v) is 6.90. The normalized spacial score (nSPS) is 17.3. The number of aromatic nitrogens is 2. The summed E-state index contributed by atoms with van der Waals surface area (Å²) in [5, 5.41) is 10.3. The molecular weight excluding hydrogens is 528 g/mol. The van der Waals surface area contributed by atoms with Crippen LogP contribution < -0.4 is 4.74 Å². The summed E-state index contributed by atoms with van der Waals surface area (Å²) >= 11 is 13.8. The maximum Gasteiger partial charge on any atom is 0.413 e. The van der Waals surface area contributed by atoms with Gasteiger partial charge in [-0.1, -0.05) is 46.7 Å². The number of carbonyl (C=O) groups is 1. The minimum Gasteiger partial charge on any atom is -0.488 e. The molecule has 1 fully saturated rings. The van der Waals surface area contributed by atoms with Gasteiger partial charge in [0.1, 0.15) is 27.9 Å². The molecule has 192 valence electrons. The summed E-state index contributed by atoms with van der Waals surface area (Å²) in [7, 11) is 0. The lowest BCUT2D eigenvalue weighted by atomic mass is 10.2. The maximum absolute atomic E-state index is 15.0. The molecule has 36 heavy (non-hydrogen) atoms. The Morgan fingerprint density at radius 1 is 1.22 bits per heavy atom. The van der Waals surface area contributed by atoms with Crippen molar-refractivity contribution in [2.75, 3.05) is 13.2 Å². The third-order valence-electron chi connectivity index (χ3n) is 5.34. The largest absolute Gasteiger partial charge is 0.488 e. The average molecular weight is 554 g/mol. The van der Waals surface area contributed by atoms with Gasteiger partial charge in [-0.15, -0.1) is 10.2 Å². The molecule has 0 aliphatic carbocycles. The highest BCUT2D eigenvalue weighted by Crippen LogP contribution is 2.38. The molecule has 7 nitrogen and oxygen atoms in total. The number of ether oxygens (including phenoxy) is 3. The Morgan fingerprint density at radius 3 is 2.64 bits per heavy atom. The van der Waals surface area contributed by atoms with E-state index in [-0.39, 0.29) is 24.0 Å². The Morgan fingerprint density at radius 2 is 1.94 bits per heavy atom. The van der Waals surface area contributed by atoms with E-state index in [9.17, 15) is 4.79 Å². The first kappa shape index (κ1) is 26.6. The second kappa shape index (κ2) is 10.1. The highest BCUT2D eigenvalue weighted by molar-refractivity contribution is 7.18. The number of hydrogen-bond donors (Lipinski definition) is 0. The quantitative estimate of drug-likeness (QED) is 0.336. The van der Waals surface area contributed by atoms with Crippen molar-refractivity contribution in [1.29, 1.82) is 0 Å². The van der Waals surface area contributed by atoms with Crippen LogP contribution in [-0.4, -0.2) is 51.8 Å². The topological polar surface area (TPSA) is 73.8 Å². The van der Waals surface area contributed by atoms with Crippen LogP contribution in [0.1, 0.15) is 34.6 Å². The van der Waals surface area contributed by atoms with Crippen molar-refractivity contribution in [2.45, 2.75) is 52.0 Å². The van der Waals surface area contributed by atoms with Crippen molar-refractivity contribution in [2.24, 2.45) is 0 Å². The van der Waals surface area contributed by atoms with E-state index in [1.165, 1.54) is 28.4 Å². The summed E-state index contributed by atoms with van der Waals surface area (Å²) in [6.07, 6.45) is -0.528. The van der Waals surface area contributed by atoms with E-state index in [0.29, 0.717) is 20.6 Å². The number of benzene rings is 2. The minimum absolute atomic E-state index is 0.00695. The molecule has 3 aromatic rings. The highest BCUT2D eigenvalue weighted by atomic mass is 35.5. The average Bonchev–Trinajstić information content (AvgIpc) is 3.37. The first-order valence-corrected chi connectivity index (χ1v) is 12.8. The molecule has 0 unspecified atom stereocenters. The molecule has 2 aromatic carbocycles. The lowest BCUT2D eigenvalue weighted by Crippen LogP contribution is -2.51. The van der Waals surface area contributed by atoms with Gasteiger partial charge in [-0.25, -0.2) is 9.18 Å². The van der Waals surface area contributed by atoms with Crippen LogP contribution >= 0.6 is 34.5 Å². The number of hydrogen-bond acceptors (Lipinski definition) is 7. The molecule has 2 heterocycles. The lowest BCUT2D eigenvalue weighted by molar-refractivity contribution is -0.0637. The number of carbonyl (C=O) groups excluding carboxylic acids is 1. The Bertz CT molecular complexity index is 1280. The smallest absolute Gasteiger partial charge is 0.413 e. The van der Waals surface area contributed by atoms with Crippen LogP contribution in [0, 0.1) is 5.82 Å². The van der Waals surface area contributed by atoms with E-state index in [1.54, 1.807) is 46.8 Å². The molecule has 1 aromatic heterocycles. The van der Waals surface area contributed by atoms with Gasteiger partial charge in [0.2, 0.25) is 0 Å². The van der Waals surface area contributed by atoms with Gasteiger partial charge in [0.05, 0.1) is 17.7 Å². The standard InChI is InChI=1S/C25H26Cl2FN3O4S/c1-24(2,3)35-23(32)31-16(13-34-25(31,4)5)12-33-20-11-18(27)17(10-19(20)28)22-30-29-21(36-22)14-7-6-8-15(26)9-14/h6-11,16H,12-13H2,1-5H3/t16-/m0/s1. The van der Waals surface area contributed by atoms with Crippen LogP contribution in [-0.2, 0) is 9.47 Å². The van der Waals surface area contributed by atoms with E-state index in [1.807, 2.05) is 12.1 Å². The molecule has 1 amide bonds. The Kier molecular flexibility index (Phi) is 7.48. The fourth-order valence-electron chi connectivity index (χ4n) is 3.75. The number of nitrogens with zero attached hydrogens (tertiary/aromatic N) is 3. The highest BCUT2D eigenvalue weighted by Gasteiger charge is 2.46. The first-order chi connectivity index (χ1) is 16.8. The van der Waals surface area contributed by atoms with Gasteiger partial charge in [-0.2, -0.15) is 0 Å². The molecule has 1 aliphatic heterocycles. The van der Waals surface area contributed by atoms with E-state index in [0.717, 1.165) is 5.56 Å². The lowest BCUT2D eigenvalue weighted by Gasteiger charge is -2.35. The van der Waals surface area contributed by atoms with Crippen molar-refractivity contribution in [3.8, 4) is 26.9 Å².